The Balaban J connectivity index is 1.42. The van der Waals surface area contributed by atoms with E-state index in [1.54, 1.807) is 12.3 Å². The second kappa shape index (κ2) is 8.24. The van der Waals surface area contributed by atoms with Crippen LogP contribution in [0, 0.1) is 17.6 Å². The van der Waals surface area contributed by atoms with Crippen LogP contribution in [0.1, 0.15) is 48.9 Å². The van der Waals surface area contributed by atoms with Crippen molar-refractivity contribution in [2.45, 2.75) is 43.7 Å². The van der Waals surface area contributed by atoms with Gasteiger partial charge in [0.15, 0.2) is 0 Å². The van der Waals surface area contributed by atoms with Crippen LogP contribution < -0.4 is 0 Å². The first-order valence-electron chi connectivity index (χ1n) is 10.7. The summed E-state index contributed by atoms with van der Waals surface area (Å²) in [4.78, 5) is 11.0. The summed E-state index contributed by atoms with van der Waals surface area (Å²) in [5, 5.41) is 0.521. The number of alkyl halides is 3. The highest BCUT2D eigenvalue weighted by Crippen LogP contribution is 2.48. The number of halogens is 6. The van der Waals surface area contributed by atoms with Crippen LogP contribution in [-0.4, -0.2) is 21.1 Å². The number of aromatic amines is 1. The maximum absolute atomic E-state index is 14.1. The lowest BCUT2D eigenvalue weighted by Crippen LogP contribution is -2.31. The van der Waals surface area contributed by atoms with Crippen molar-refractivity contribution >= 4 is 33.5 Å². The summed E-state index contributed by atoms with van der Waals surface area (Å²) >= 11 is 5.77. The molecule has 0 spiro atoms. The standard InChI is InChI=1S/C24H19ClF5N3/c25-17-10-20-21(11-18(17)27)33-23(32-20)22(24(28,29)30)13-3-1-12(2-4-13)15-7-8-31-19-6-5-14(26)9-16(15)19/h5-13,22H,1-4H2,(H,32,33). The molecule has 0 bridgehead atoms. The highest BCUT2D eigenvalue weighted by atomic mass is 35.5. The molecule has 1 aliphatic rings. The summed E-state index contributed by atoms with van der Waals surface area (Å²) in [5.74, 6) is -3.77. The molecule has 33 heavy (non-hydrogen) atoms. The van der Waals surface area contributed by atoms with E-state index < -0.39 is 23.8 Å². The molecule has 5 rings (SSSR count). The first kappa shape index (κ1) is 22.1. The third-order valence-corrected chi connectivity index (χ3v) is 6.90. The van der Waals surface area contributed by atoms with Crippen molar-refractivity contribution in [3.63, 3.8) is 0 Å². The highest BCUT2D eigenvalue weighted by molar-refractivity contribution is 6.31. The first-order chi connectivity index (χ1) is 15.7. The van der Waals surface area contributed by atoms with E-state index in [0.717, 1.165) is 11.6 Å². The fraction of sp³-hybridized carbons (Fsp3) is 0.333. The van der Waals surface area contributed by atoms with E-state index in [1.165, 1.54) is 18.2 Å². The van der Waals surface area contributed by atoms with Crippen molar-refractivity contribution in [3.05, 3.63) is 70.6 Å². The summed E-state index contributed by atoms with van der Waals surface area (Å²) in [5.41, 5.74) is 1.96. The van der Waals surface area contributed by atoms with Crippen LogP contribution in [0.3, 0.4) is 0 Å². The highest BCUT2D eigenvalue weighted by Gasteiger charge is 2.48. The normalized spacial score (nSPS) is 20.4. The van der Waals surface area contributed by atoms with Crippen molar-refractivity contribution in [2.24, 2.45) is 5.92 Å². The fourth-order valence-corrected chi connectivity index (χ4v) is 5.24. The molecular formula is C24H19ClF5N3. The third kappa shape index (κ3) is 4.16. The van der Waals surface area contributed by atoms with Crippen molar-refractivity contribution < 1.29 is 22.0 Å². The lowest BCUT2D eigenvalue weighted by Gasteiger charge is -2.34. The Morgan fingerprint density at radius 1 is 0.970 bits per heavy atom. The summed E-state index contributed by atoms with van der Waals surface area (Å²) in [6.45, 7) is 0. The molecule has 1 atom stereocenters. The van der Waals surface area contributed by atoms with Gasteiger partial charge in [0.1, 0.15) is 23.4 Å². The van der Waals surface area contributed by atoms with Crippen LogP contribution >= 0.6 is 11.6 Å². The van der Waals surface area contributed by atoms with Gasteiger partial charge in [0, 0.05) is 17.6 Å². The molecule has 1 N–H and O–H groups in total. The van der Waals surface area contributed by atoms with Gasteiger partial charge in [-0.1, -0.05) is 11.6 Å². The maximum Gasteiger partial charge on any atom is 0.399 e. The van der Waals surface area contributed by atoms with Crippen LogP contribution in [0.2, 0.25) is 5.02 Å². The Bertz CT molecular complexity index is 1290. The minimum absolute atomic E-state index is 0.0195. The second-order valence-electron chi connectivity index (χ2n) is 8.60. The number of rotatable bonds is 3. The van der Waals surface area contributed by atoms with Gasteiger partial charge in [0.05, 0.1) is 21.6 Å². The maximum atomic E-state index is 14.1. The molecule has 2 aromatic heterocycles. The van der Waals surface area contributed by atoms with Gasteiger partial charge in [-0.05, 0) is 73.4 Å². The number of aromatic nitrogens is 3. The Morgan fingerprint density at radius 3 is 2.45 bits per heavy atom. The van der Waals surface area contributed by atoms with Gasteiger partial charge in [-0.3, -0.25) is 4.98 Å². The van der Waals surface area contributed by atoms with Gasteiger partial charge >= 0.3 is 6.18 Å². The predicted octanol–water partition coefficient (Wildman–Crippen LogP) is 7.66. The number of H-pyrrole nitrogens is 1. The van der Waals surface area contributed by atoms with E-state index >= 15 is 0 Å². The smallest absolute Gasteiger partial charge is 0.341 e. The number of benzene rings is 2. The molecule has 0 radical (unpaired) electrons. The van der Waals surface area contributed by atoms with Gasteiger partial charge < -0.3 is 4.98 Å². The lowest BCUT2D eigenvalue weighted by molar-refractivity contribution is -0.166. The molecule has 4 aromatic rings. The zero-order valence-electron chi connectivity index (χ0n) is 17.3. The minimum atomic E-state index is -4.51. The molecule has 3 nitrogen and oxygen atoms in total. The molecule has 0 saturated heterocycles. The molecule has 1 fully saturated rings. The largest absolute Gasteiger partial charge is 0.399 e. The predicted molar refractivity (Wildman–Crippen MR) is 116 cm³/mol. The summed E-state index contributed by atoms with van der Waals surface area (Å²) in [6, 6.07) is 8.50. The number of nitrogens with zero attached hydrogens (tertiary/aromatic N) is 2. The zero-order valence-corrected chi connectivity index (χ0v) is 18.0. The molecule has 9 heteroatoms. The van der Waals surface area contributed by atoms with Gasteiger partial charge in [-0.25, -0.2) is 13.8 Å². The molecular weight excluding hydrogens is 461 g/mol. The van der Waals surface area contributed by atoms with Gasteiger partial charge in [-0.15, -0.1) is 0 Å². The molecule has 2 aromatic carbocycles. The van der Waals surface area contributed by atoms with Crippen molar-refractivity contribution in [1.82, 2.24) is 15.0 Å². The number of hydrogen-bond donors (Lipinski definition) is 1. The van der Waals surface area contributed by atoms with Crippen LogP contribution in [0.25, 0.3) is 21.9 Å². The van der Waals surface area contributed by atoms with Gasteiger partial charge in [0.2, 0.25) is 0 Å². The number of hydrogen-bond acceptors (Lipinski definition) is 2. The fourth-order valence-electron chi connectivity index (χ4n) is 5.08. The second-order valence-corrected chi connectivity index (χ2v) is 9.01. The van der Waals surface area contributed by atoms with E-state index in [9.17, 15) is 22.0 Å². The van der Waals surface area contributed by atoms with Crippen LogP contribution in [-0.2, 0) is 0 Å². The zero-order chi connectivity index (χ0) is 23.3. The molecule has 1 unspecified atom stereocenters. The quantitative estimate of drug-likeness (QED) is 0.306. The SMILES string of the molecule is Fc1ccc2nccc(C3CCC(C(c4nc5cc(F)c(Cl)cc5[nH]4)C(F)(F)F)CC3)c2c1. The van der Waals surface area contributed by atoms with E-state index in [2.05, 4.69) is 15.0 Å². The van der Waals surface area contributed by atoms with Crippen LogP contribution in [0.4, 0.5) is 22.0 Å². The topological polar surface area (TPSA) is 41.6 Å². The molecule has 0 aliphatic heterocycles. The number of imidazole rings is 1. The minimum Gasteiger partial charge on any atom is -0.341 e. The molecule has 0 amide bonds. The summed E-state index contributed by atoms with van der Waals surface area (Å²) in [7, 11) is 0. The Labute approximate surface area is 191 Å². The summed E-state index contributed by atoms with van der Waals surface area (Å²) < 4.78 is 70.0. The third-order valence-electron chi connectivity index (χ3n) is 6.61. The van der Waals surface area contributed by atoms with Crippen molar-refractivity contribution in [1.29, 1.82) is 0 Å². The van der Waals surface area contributed by atoms with Crippen molar-refractivity contribution in [2.75, 3.05) is 0 Å². The van der Waals surface area contributed by atoms with E-state index in [4.69, 9.17) is 11.6 Å². The average molecular weight is 480 g/mol. The van der Waals surface area contributed by atoms with Gasteiger partial charge in [0.25, 0.3) is 0 Å². The Morgan fingerprint density at radius 2 is 1.73 bits per heavy atom. The molecule has 2 heterocycles. The monoisotopic (exact) mass is 479 g/mol. The molecule has 1 aliphatic carbocycles. The molecule has 172 valence electrons. The average Bonchev–Trinajstić information content (AvgIpc) is 3.15. The first-order valence-corrected chi connectivity index (χ1v) is 11.0. The lowest BCUT2D eigenvalue weighted by atomic mass is 9.73. The Kier molecular flexibility index (Phi) is 5.51. The van der Waals surface area contributed by atoms with Crippen molar-refractivity contribution in [3.8, 4) is 0 Å². The van der Waals surface area contributed by atoms with E-state index in [0.29, 0.717) is 36.6 Å². The number of fused-ring (bicyclic) bond motifs is 2. The van der Waals surface area contributed by atoms with Crippen LogP contribution in [0.5, 0.6) is 0 Å². The molecule has 1 saturated carbocycles. The van der Waals surface area contributed by atoms with E-state index in [-0.39, 0.29) is 33.6 Å². The van der Waals surface area contributed by atoms with E-state index in [1.807, 2.05) is 6.07 Å². The number of nitrogens with one attached hydrogen (secondary N) is 1. The Hall–Kier alpha value is -2.74. The summed E-state index contributed by atoms with van der Waals surface area (Å²) in [6.07, 6.45) is -1.12. The van der Waals surface area contributed by atoms with Gasteiger partial charge in [-0.2, -0.15) is 13.2 Å². The number of pyridine rings is 1. The van der Waals surface area contributed by atoms with Crippen LogP contribution in [0.15, 0.2) is 42.6 Å².